The van der Waals surface area contributed by atoms with Crippen molar-refractivity contribution in [1.29, 1.82) is 0 Å². The average Bonchev–Trinajstić information content (AvgIpc) is 2.88. The van der Waals surface area contributed by atoms with Gasteiger partial charge in [0.05, 0.1) is 11.3 Å². The number of hydrogen-bond acceptors (Lipinski definition) is 3. The van der Waals surface area contributed by atoms with Crippen molar-refractivity contribution < 1.29 is 19.5 Å². The van der Waals surface area contributed by atoms with Crippen molar-refractivity contribution in [3.8, 4) is 0 Å². The Kier molecular flexibility index (Phi) is 6.30. The van der Waals surface area contributed by atoms with Crippen molar-refractivity contribution in [1.82, 2.24) is 4.90 Å². The SMILES string of the molecule is O=C(O)C(Cc1ccccc1)N1C(=O)c2cc(Br)ccc2NC(=O)C1c1ccc(Cl)cc1. The van der Waals surface area contributed by atoms with Crippen LogP contribution in [0, 0.1) is 0 Å². The monoisotopic (exact) mass is 512 g/mol. The molecule has 0 radical (unpaired) electrons. The van der Waals surface area contributed by atoms with Crippen LogP contribution >= 0.6 is 27.5 Å². The number of halogens is 2. The summed E-state index contributed by atoms with van der Waals surface area (Å²) in [6, 6.07) is 17.9. The van der Waals surface area contributed by atoms with Gasteiger partial charge in [0.1, 0.15) is 12.1 Å². The molecular weight excluding hydrogens is 496 g/mol. The number of nitrogens with zero attached hydrogens (tertiary/aromatic N) is 1. The normalized spacial score (nSPS) is 16.7. The molecule has 0 aromatic heterocycles. The first-order valence-electron chi connectivity index (χ1n) is 9.80. The molecule has 0 spiro atoms. The molecule has 2 atom stereocenters. The third-order valence-electron chi connectivity index (χ3n) is 5.31. The topological polar surface area (TPSA) is 86.7 Å². The van der Waals surface area contributed by atoms with Gasteiger partial charge >= 0.3 is 5.97 Å². The van der Waals surface area contributed by atoms with E-state index in [1.165, 1.54) is 0 Å². The predicted molar refractivity (Wildman–Crippen MR) is 125 cm³/mol. The number of amides is 2. The van der Waals surface area contributed by atoms with Crippen LogP contribution in [0.1, 0.15) is 27.5 Å². The first-order valence-corrected chi connectivity index (χ1v) is 11.0. The summed E-state index contributed by atoms with van der Waals surface area (Å²) in [7, 11) is 0. The van der Waals surface area contributed by atoms with Gasteiger partial charge in [0, 0.05) is 15.9 Å². The summed E-state index contributed by atoms with van der Waals surface area (Å²) in [6.45, 7) is 0. The maximum atomic E-state index is 13.7. The highest BCUT2D eigenvalue weighted by Crippen LogP contribution is 2.35. The van der Waals surface area contributed by atoms with Crippen LogP contribution in [-0.2, 0) is 16.0 Å². The second-order valence-electron chi connectivity index (χ2n) is 7.39. The van der Waals surface area contributed by atoms with Crippen LogP contribution in [0.2, 0.25) is 5.02 Å². The molecule has 2 amide bonds. The standard InChI is InChI=1S/C24H18BrClN2O4/c25-16-8-11-19-18(13-16)23(30)28(20(24(31)32)12-14-4-2-1-3-5-14)21(22(29)27-19)15-6-9-17(26)10-7-15/h1-11,13,20-21H,12H2,(H,27,29)(H,31,32). The smallest absolute Gasteiger partial charge is 0.326 e. The number of aliphatic carboxylic acids is 1. The number of carbonyl (C=O) groups excluding carboxylic acids is 2. The third-order valence-corrected chi connectivity index (χ3v) is 6.05. The quantitative estimate of drug-likeness (QED) is 0.506. The lowest BCUT2D eigenvalue weighted by molar-refractivity contribution is -0.143. The van der Waals surface area contributed by atoms with Crippen molar-refractivity contribution in [2.24, 2.45) is 0 Å². The summed E-state index contributed by atoms with van der Waals surface area (Å²) in [5, 5.41) is 13.4. The van der Waals surface area contributed by atoms with Crippen LogP contribution in [0.3, 0.4) is 0 Å². The molecule has 1 aliphatic rings. The van der Waals surface area contributed by atoms with Crippen molar-refractivity contribution in [3.63, 3.8) is 0 Å². The molecule has 162 valence electrons. The van der Waals surface area contributed by atoms with E-state index in [-0.39, 0.29) is 12.0 Å². The summed E-state index contributed by atoms with van der Waals surface area (Å²) < 4.78 is 0.638. The lowest BCUT2D eigenvalue weighted by Crippen LogP contribution is -2.50. The van der Waals surface area contributed by atoms with Crippen LogP contribution in [0.5, 0.6) is 0 Å². The lowest BCUT2D eigenvalue weighted by Gasteiger charge is -2.34. The molecule has 3 aromatic carbocycles. The second kappa shape index (κ2) is 9.14. The molecule has 4 rings (SSSR count). The van der Waals surface area contributed by atoms with Gasteiger partial charge in [-0.1, -0.05) is 70.0 Å². The molecule has 0 fully saturated rings. The van der Waals surface area contributed by atoms with Crippen molar-refractivity contribution in [2.75, 3.05) is 5.32 Å². The van der Waals surface area contributed by atoms with Crippen LogP contribution in [0.15, 0.2) is 77.3 Å². The highest BCUT2D eigenvalue weighted by molar-refractivity contribution is 9.10. The average molecular weight is 514 g/mol. The zero-order valence-electron chi connectivity index (χ0n) is 16.7. The summed E-state index contributed by atoms with van der Waals surface area (Å²) in [6.07, 6.45) is 0.0443. The van der Waals surface area contributed by atoms with E-state index in [0.29, 0.717) is 20.7 Å². The van der Waals surface area contributed by atoms with E-state index in [1.807, 2.05) is 6.07 Å². The summed E-state index contributed by atoms with van der Waals surface area (Å²) in [4.78, 5) is 40.7. The fourth-order valence-electron chi connectivity index (χ4n) is 3.81. The van der Waals surface area contributed by atoms with Gasteiger partial charge in [0.25, 0.3) is 11.8 Å². The lowest BCUT2D eigenvalue weighted by atomic mass is 9.98. The Morgan fingerprint density at radius 3 is 2.41 bits per heavy atom. The van der Waals surface area contributed by atoms with Crippen molar-refractivity contribution in [2.45, 2.75) is 18.5 Å². The molecule has 6 nitrogen and oxygen atoms in total. The van der Waals surface area contributed by atoms with E-state index >= 15 is 0 Å². The third kappa shape index (κ3) is 4.40. The highest BCUT2D eigenvalue weighted by atomic mass is 79.9. The van der Waals surface area contributed by atoms with E-state index in [4.69, 9.17) is 11.6 Å². The van der Waals surface area contributed by atoms with Gasteiger partial charge in [-0.3, -0.25) is 9.59 Å². The Labute approximate surface area is 197 Å². The Hall–Kier alpha value is -3.16. The molecule has 0 bridgehead atoms. The first kappa shape index (κ1) is 22.0. The molecule has 8 heteroatoms. The zero-order chi connectivity index (χ0) is 22.8. The van der Waals surface area contributed by atoms with Crippen LogP contribution in [0.4, 0.5) is 5.69 Å². The van der Waals surface area contributed by atoms with Gasteiger partial charge in [0.15, 0.2) is 0 Å². The second-order valence-corrected chi connectivity index (χ2v) is 8.74. The number of benzene rings is 3. The van der Waals surface area contributed by atoms with Gasteiger partial charge < -0.3 is 15.3 Å². The Bertz CT molecular complexity index is 1180. The Balaban J connectivity index is 1.88. The molecule has 2 unspecified atom stereocenters. The number of hydrogen-bond donors (Lipinski definition) is 2. The summed E-state index contributed by atoms with van der Waals surface area (Å²) in [5.41, 5.74) is 1.74. The minimum Gasteiger partial charge on any atom is -0.480 e. The van der Waals surface area contributed by atoms with Gasteiger partial charge in [-0.05, 0) is 41.5 Å². The van der Waals surface area contributed by atoms with E-state index in [9.17, 15) is 19.5 Å². The predicted octanol–water partition coefficient (Wildman–Crippen LogP) is 4.93. The van der Waals surface area contributed by atoms with E-state index in [2.05, 4.69) is 21.2 Å². The van der Waals surface area contributed by atoms with Crippen LogP contribution in [0.25, 0.3) is 0 Å². The summed E-state index contributed by atoms with van der Waals surface area (Å²) >= 11 is 9.37. The number of anilines is 1. The van der Waals surface area contributed by atoms with Gasteiger partial charge in [0.2, 0.25) is 0 Å². The van der Waals surface area contributed by atoms with E-state index < -0.39 is 29.9 Å². The highest BCUT2D eigenvalue weighted by Gasteiger charge is 2.43. The van der Waals surface area contributed by atoms with E-state index in [0.717, 1.165) is 10.5 Å². The number of carboxylic acid groups (broad SMARTS) is 1. The maximum absolute atomic E-state index is 13.7. The number of carbonyl (C=O) groups is 3. The fourth-order valence-corrected chi connectivity index (χ4v) is 4.29. The number of fused-ring (bicyclic) bond motifs is 1. The van der Waals surface area contributed by atoms with Gasteiger partial charge in [-0.25, -0.2) is 4.79 Å². The molecule has 2 N–H and O–H groups in total. The molecule has 1 heterocycles. The zero-order valence-corrected chi connectivity index (χ0v) is 19.0. The van der Waals surface area contributed by atoms with Gasteiger partial charge in [-0.15, -0.1) is 0 Å². The summed E-state index contributed by atoms with van der Waals surface area (Å²) in [5.74, 6) is -2.25. The minimum atomic E-state index is -1.28. The molecule has 0 aliphatic carbocycles. The van der Waals surface area contributed by atoms with Crippen molar-refractivity contribution >= 4 is 51.0 Å². The molecule has 1 aliphatic heterocycles. The Morgan fingerprint density at radius 1 is 1.06 bits per heavy atom. The molecular formula is C24H18BrClN2O4. The number of rotatable bonds is 5. The first-order chi connectivity index (χ1) is 15.3. The van der Waals surface area contributed by atoms with Crippen molar-refractivity contribution in [3.05, 3.63) is 99.0 Å². The maximum Gasteiger partial charge on any atom is 0.326 e. The van der Waals surface area contributed by atoms with Crippen LogP contribution < -0.4 is 5.32 Å². The molecule has 32 heavy (non-hydrogen) atoms. The molecule has 3 aromatic rings. The largest absolute Gasteiger partial charge is 0.480 e. The van der Waals surface area contributed by atoms with Crippen LogP contribution in [-0.4, -0.2) is 33.8 Å². The molecule has 0 saturated heterocycles. The van der Waals surface area contributed by atoms with E-state index in [1.54, 1.807) is 66.7 Å². The Morgan fingerprint density at radius 2 is 1.75 bits per heavy atom. The van der Waals surface area contributed by atoms with Gasteiger partial charge in [-0.2, -0.15) is 0 Å². The number of carboxylic acids is 1. The fraction of sp³-hybridized carbons (Fsp3) is 0.125. The molecule has 0 saturated carbocycles. The minimum absolute atomic E-state index is 0.0443. The number of nitrogens with one attached hydrogen (secondary N) is 1.